The van der Waals surface area contributed by atoms with Gasteiger partial charge in [-0.1, -0.05) is 0 Å². The summed E-state index contributed by atoms with van der Waals surface area (Å²) >= 11 is 0. The van der Waals surface area contributed by atoms with Crippen molar-refractivity contribution in [1.82, 2.24) is 4.98 Å². The van der Waals surface area contributed by atoms with Gasteiger partial charge in [0.05, 0.1) is 6.10 Å². The van der Waals surface area contributed by atoms with Crippen LogP contribution in [-0.4, -0.2) is 22.8 Å². The minimum atomic E-state index is -0.263. The van der Waals surface area contributed by atoms with Gasteiger partial charge in [-0.05, 0) is 6.42 Å². The van der Waals surface area contributed by atoms with Crippen molar-refractivity contribution >= 4 is 0 Å². The molecule has 2 unspecified atom stereocenters. The second-order valence-electron chi connectivity index (χ2n) is 2.95. The van der Waals surface area contributed by atoms with Gasteiger partial charge in [0, 0.05) is 13.0 Å². The molecular weight excluding hydrogens is 158 g/mol. The minimum absolute atomic E-state index is 0.0903. The molecule has 0 amide bonds. The van der Waals surface area contributed by atoms with Gasteiger partial charge in [-0.2, -0.15) is 0 Å². The van der Waals surface area contributed by atoms with Gasteiger partial charge in [-0.15, -0.1) is 0 Å². The second kappa shape index (κ2) is 3.25. The fourth-order valence-electron chi connectivity index (χ4n) is 1.37. The van der Waals surface area contributed by atoms with Crippen LogP contribution in [0.15, 0.2) is 17.1 Å². The van der Waals surface area contributed by atoms with E-state index in [-0.39, 0.29) is 12.2 Å². The molecule has 4 nitrogen and oxygen atoms in total. The van der Waals surface area contributed by atoms with Crippen LogP contribution >= 0.6 is 0 Å². The molecule has 0 aliphatic carbocycles. The van der Waals surface area contributed by atoms with E-state index in [4.69, 9.17) is 9.15 Å². The minimum Gasteiger partial charge on any atom is -0.451 e. The molecule has 0 saturated carbocycles. The summed E-state index contributed by atoms with van der Waals surface area (Å²) in [5, 5.41) is 9.34. The monoisotopic (exact) mass is 169 g/mol. The van der Waals surface area contributed by atoms with Crippen LogP contribution < -0.4 is 0 Å². The molecule has 2 heterocycles. The molecule has 1 N–H and O–H groups in total. The number of aliphatic hydroxyl groups excluding tert-OH is 1. The van der Waals surface area contributed by atoms with Gasteiger partial charge >= 0.3 is 0 Å². The van der Waals surface area contributed by atoms with Gasteiger partial charge in [-0.3, -0.25) is 0 Å². The third kappa shape index (κ3) is 1.49. The van der Waals surface area contributed by atoms with E-state index in [1.165, 1.54) is 6.39 Å². The zero-order chi connectivity index (χ0) is 8.39. The first-order chi connectivity index (χ1) is 5.86. The topological polar surface area (TPSA) is 55.5 Å². The number of hydrogen-bond acceptors (Lipinski definition) is 4. The molecule has 0 radical (unpaired) electrons. The molecule has 2 rings (SSSR count). The highest BCUT2D eigenvalue weighted by Gasteiger charge is 2.23. The van der Waals surface area contributed by atoms with E-state index >= 15 is 0 Å². The van der Waals surface area contributed by atoms with E-state index in [9.17, 15) is 5.11 Å². The SMILES string of the molecule is OC1CCOC(c2cocn2)C1. The van der Waals surface area contributed by atoms with Crippen LogP contribution in [0.2, 0.25) is 0 Å². The number of hydrogen-bond donors (Lipinski definition) is 1. The average Bonchev–Trinajstić information content (AvgIpc) is 2.56. The number of ether oxygens (including phenoxy) is 1. The predicted octanol–water partition coefficient (Wildman–Crippen LogP) is 0.887. The quantitative estimate of drug-likeness (QED) is 0.678. The van der Waals surface area contributed by atoms with Crippen LogP contribution in [0.4, 0.5) is 0 Å². The lowest BCUT2D eigenvalue weighted by Gasteiger charge is -2.24. The Morgan fingerprint density at radius 3 is 3.17 bits per heavy atom. The average molecular weight is 169 g/mol. The molecule has 2 atom stereocenters. The molecule has 1 fully saturated rings. The molecule has 0 spiro atoms. The maximum Gasteiger partial charge on any atom is 0.180 e. The van der Waals surface area contributed by atoms with Gasteiger partial charge in [-0.25, -0.2) is 4.98 Å². The fourth-order valence-corrected chi connectivity index (χ4v) is 1.37. The Labute approximate surface area is 70.2 Å². The number of oxazole rings is 1. The molecule has 1 aromatic rings. The normalized spacial score (nSPS) is 30.4. The smallest absolute Gasteiger partial charge is 0.180 e. The van der Waals surface area contributed by atoms with Crippen LogP contribution in [0.5, 0.6) is 0 Å². The Hall–Kier alpha value is -0.870. The van der Waals surface area contributed by atoms with Crippen LogP contribution in [-0.2, 0) is 4.74 Å². The summed E-state index contributed by atoms with van der Waals surface area (Å²) in [4.78, 5) is 3.97. The molecule has 1 aliphatic rings. The standard InChI is InChI=1S/C8H11NO3/c10-6-1-2-12-8(3-6)7-4-11-5-9-7/h4-6,8,10H,1-3H2. The largest absolute Gasteiger partial charge is 0.451 e. The molecule has 4 heteroatoms. The fraction of sp³-hybridized carbons (Fsp3) is 0.625. The molecule has 1 aliphatic heterocycles. The van der Waals surface area contributed by atoms with Gasteiger partial charge in [0.15, 0.2) is 6.39 Å². The predicted molar refractivity (Wildman–Crippen MR) is 40.4 cm³/mol. The van der Waals surface area contributed by atoms with E-state index < -0.39 is 0 Å². The third-order valence-corrected chi connectivity index (χ3v) is 2.04. The third-order valence-electron chi connectivity index (χ3n) is 2.04. The molecule has 1 saturated heterocycles. The van der Waals surface area contributed by atoms with E-state index in [0.29, 0.717) is 19.4 Å². The van der Waals surface area contributed by atoms with Crippen molar-refractivity contribution in [2.45, 2.75) is 25.0 Å². The maximum absolute atomic E-state index is 9.34. The Morgan fingerprint density at radius 2 is 2.50 bits per heavy atom. The van der Waals surface area contributed by atoms with Crippen molar-refractivity contribution < 1.29 is 14.3 Å². The zero-order valence-corrected chi connectivity index (χ0v) is 6.64. The summed E-state index contributed by atoms with van der Waals surface area (Å²) in [5.41, 5.74) is 0.772. The van der Waals surface area contributed by atoms with Crippen molar-refractivity contribution in [2.24, 2.45) is 0 Å². The number of aliphatic hydroxyl groups is 1. The summed E-state index contributed by atoms with van der Waals surface area (Å²) in [6.45, 7) is 0.596. The highest BCUT2D eigenvalue weighted by Crippen LogP contribution is 2.26. The summed E-state index contributed by atoms with van der Waals surface area (Å²) in [7, 11) is 0. The van der Waals surface area contributed by atoms with E-state index in [2.05, 4.69) is 4.98 Å². The van der Waals surface area contributed by atoms with Crippen molar-refractivity contribution in [3.05, 3.63) is 18.4 Å². The molecule has 0 aromatic carbocycles. The van der Waals surface area contributed by atoms with Crippen molar-refractivity contribution in [1.29, 1.82) is 0 Å². The zero-order valence-electron chi connectivity index (χ0n) is 6.64. The molecule has 12 heavy (non-hydrogen) atoms. The molecule has 0 bridgehead atoms. The van der Waals surface area contributed by atoms with E-state index in [0.717, 1.165) is 5.69 Å². The first-order valence-electron chi connectivity index (χ1n) is 4.04. The van der Waals surface area contributed by atoms with Gasteiger partial charge < -0.3 is 14.3 Å². The molecular formula is C8H11NO3. The summed E-state index contributed by atoms with van der Waals surface area (Å²) < 4.78 is 10.2. The van der Waals surface area contributed by atoms with E-state index in [1.807, 2.05) is 0 Å². The lowest BCUT2D eigenvalue weighted by molar-refractivity contribution is -0.0466. The van der Waals surface area contributed by atoms with Crippen LogP contribution in [0.3, 0.4) is 0 Å². The summed E-state index contributed by atoms with van der Waals surface area (Å²) in [5.74, 6) is 0. The first kappa shape index (κ1) is 7.76. The molecule has 1 aromatic heterocycles. The second-order valence-corrected chi connectivity index (χ2v) is 2.95. The van der Waals surface area contributed by atoms with Crippen molar-refractivity contribution in [3.8, 4) is 0 Å². The number of nitrogens with zero attached hydrogens (tertiary/aromatic N) is 1. The van der Waals surface area contributed by atoms with Crippen molar-refractivity contribution in [3.63, 3.8) is 0 Å². The van der Waals surface area contributed by atoms with Crippen molar-refractivity contribution in [2.75, 3.05) is 6.61 Å². The van der Waals surface area contributed by atoms with Gasteiger partial charge in [0.2, 0.25) is 0 Å². The Balaban J connectivity index is 2.04. The maximum atomic E-state index is 9.34. The lowest BCUT2D eigenvalue weighted by atomic mass is 10.0. The first-order valence-corrected chi connectivity index (χ1v) is 4.04. The molecule has 66 valence electrons. The highest BCUT2D eigenvalue weighted by molar-refractivity contribution is 4.98. The lowest BCUT2D eigenvalue weighted by Crippen LogP contribution is -2.23. The van der Waals surface area contributed by atoms with Gasteiger partial charge in [0.1, 0.15) is 18.1 Å². The Bertz CT molecular complexity index is 234. The van der Waals surface area contributed by atoms with E-state index in [1.54, 1.807) is 6.26 Å². The summed E-state index contributed by atoms with van der Waals surface area (Å²) in [6, 6.07) is 0. The number of aromatic nitrogens is 1. The Kier molecular flexibility index (Phi) is 2.10. The van der Waals surface area contributed by atoms with Gasteiger partial charge in [0.25, 0.3) is 0 Å². The van der Waals surface area contributed by atoms with Crippen LogP contribution in [0.25, 0.3) is 0 Å². The number of rotatable bonds is 1. The van der Waals surface area contributed by atoms with Crippen LogP contribution in [0, 0.1) is 0 Å². The highest BCUT2D eigenvalue weighted by atomic mass is 16.5. The Morgan fingerprint density at radius 1 is 1.58 bits per heavy atom. The summed E-state index contributed by atoms with van der Waals surface area (Å²) in [6.07, 6.45) is 3.91. The van der Waals surface area contributed by atoms with Crippen LogP contribution in [0.1, 0.15) is 24.6 Å².